The Morgan fingerprint density at radius 2 is 1.32 bits per heavy atom. The molecule has 0 unspecified atom stereocenters. The molecular weight excluding hydrogens is 619 g/mol. The monoisotopic (exact) mass is 662 g/mol. The van der Waals surface area contributed by atoms with Crippen LogP contribution in [0.15, 0.2) is 66.7 Å². The van der Waals surface area contributed by atoms with E-state index in [0.717, 1.165) is 6.42 Å². The van der Waals surface area contributed by atoms with Crippen LogP contribution in [0.25, 0.3) is 11.1 Å². The zero-order valence-corrected chi connectivity index (χ0v) is 30.8. The van der Waals surface area contributed by atoms with E-state index in [9.17, 15) is 0 Å². The molecule has 0 bridgehead atoms. The molecule has 0 radical (unpaired) electrons. The van der Waals surface area contributed by atoms with Crippen LogP contribution in [-0.2, 0) is 41.5 Å². The molecule has 0 fully saturated rings. The summed E-state index contributed by atoms with van der Waals surface area (Å²) in [6, 6.07) is 28.1. The predicted molar refractivity (Wildman–Crippen MR) is 168 cm³/mol. The van der Waals surface area contributed by atoms with Crippen LogP contribution in [0, 0.1) is 33.8 Å². The third kappa shape index (κ3) is 10.2. The molecule has 0 nitrogen and oxygen atoms in total. The van der Waals surface area contributed by atoms with Crippen molar-refractivity contribution in [3.05, 3.63) is 123 Å². The van der Waals surface area contributed by atoms with Gasteiger partial charge in [-0.15, -0.1) is 5.56 Å². The maximum absolute atomic E-state index is 3.53. The molecule has 0 saturated heterocycles. The first-order valence-corrected chi connectivity index (χ1v) is 15.3. The topological polar surface area (TPSA) is 0 Å². The van der Waals surface area contributed by atoms with Gasteiger partial charge in [0, 0.05) is 0 Å². The van der Waals surface area contributed by atoms with E-state index >= 15 is 0 Å². The zero-order chi connectivity index (χ0) is 29.1. The maximum Gasteiger partial charge on any atom is -0.0632 e. The quantitative estimate of drug-likeness (QED) is 0.237. The summed E-state index contributed by atoms with van der Waals surface area (Å²) in [5.41, 5.74) is 15.7. The third-order valence-corrected chi connectivity index (χ3v) is 8.23. The first-order chi connectivity index (χ1) is 18.1. The average Bonchev–Trinajstić information content (AvgIpc) is 3.35. The predicted octanol–water partition coefficient (Wildman–Crippen LogP) is 4.07. The molecule has 0 spiro atoms. The van der Waals surface area contributed by atoms with Gasteiger partial charge >= 0.3 is 76.7 Å². The van der Waals surface area contributed by atoms with E-state index in [2.05, 4.69) is 149 Å². The van der Waals surface area contributed by atoms with Crippen LogP contribution in [-0.4, -0.2) is 3.21 Å². The summed E-state index contributed by atoms with van der Waals surface area (Å²) >= 11 is 1.51. The van der Waals surface area contributed by atoms with Crippen LogP contribution in [0.5, 0.6) is 0 Å². The largest absolute Gasteiger partial charge is 1.00 e. The van der Waals surface area contributed by atoms with Crippen LogP contribution in [0.4, 0.5) is 0 Å². The van der Waals surface area contributed by atoms with Crippen molar-refractivity contribution in [3.8, 4) is 11.1 Å². The summed E-state index contributed by atoms with van der Waals surface area (Å²) in [5, 5.41) is 0. The van der Waals surface area contributed by atoms with Crippen molar-refractivity contribution >= 4 is 3.21 Å². The van der Waals surface area contributed by atoms with E-state index in [0.29, 0.717) is 0 Å². The van der Waals surface area contributed by atoms with Gasteiger partial charge in [0.05, 0.1) is 0 Å². The summed E-state index contributed by atoms with van der Waals surface area (Å²) in [7, 11) is 0. The molecule has 41 heavy (non-hydrogen) atoms. The number of hydrogen-bond acceptors (Lipinski definition) is 0. The third-order valence-electron chi connectivity index (χ3n) is 7.52. The summed E-state index contributed by atoms with van der Waals surface area (Å²) in [4.78, 5) is 0. The van der Waals surface area contributed by atoms with Crippen molar-refractivity contribution in [1.29, 1.82) is 0 Å². The number of fused-ring (bicyclic) bond motifs is 3. The number of aryl methyl sites for hydroxylation is 4. The van der Waals surface area contributed by atoms with Crippen LogP contribution < -0.4 is 24.8 Å². The van der Waals surface area contributed by atoms with Crippen LogP contribution in [0.2, 0.25) is 0 Å². The Bertz CT molecular complexity index is 1360. The molecule has 1 aliphatic rings. The second-order valence-electron chi connectivity index (χ2n) is 13.2. The second-order valence-corrected chi connectivity index (χ2v) is 15.1. The van der Waals surface area contributed by atoms with E-state index in [1.54, 1.807) is 0 Å². The van der Waals surface area contributed by atoms with Crippen molar-refractivity contribution in [3.63, 3.8) is 0 Å². The Kier molecular flexibility index (Phi) is 13.8. The van der Waals surface area contributed by atoms with Gasteiger partial charge < -0.3 is 24.8 Å². The Morgan fingerprint density at radius 3 is 1.76 bits per heavy atom. The number of rotatable bonds is 1. The van der Waals surface area contributed by atoms with E-state index in [1.165, 1.54) is 88.6 Å². The molecule has 0 N–H and O–H groups in total. The molecule has 0 amide bonds. The first-order valence-electron chi connectivity index (χ1n) is 14.1. The molecule has 0 aliphatic heterocycles. The molecule has 1 aliphatic carbocycles. The molecule has 4 aromatic rings. The number of hydrogen-bond donors (Lipinski definition) is 0. The molecule has 5 rings (SSSR count). The summed E-state index contributed by atoms with van der Waals surface area (Å²) in [5.74, 6) is 0. The van der Waals surface area contributed by atoms with E-state index in [-0.39, 0.29) is 35.6 Å². The minimum Gasteiger partial charge on any atom is -1.00 e. The minimum atomic E-state index is 0. The average molecular weight is 665 g/mol. The van der Waals surface area contributed by atoms with Crippen LogP contribution >= 0.6 is 0 Å². The molecule has 218 valence electrons. The van der Waals surface area contributed by atoms with Crippen molar-refractivity contribution in [2.45, 2.75) is 93.4 Å². The molecule has 0 heterocycles. The van der Waals surface area contributed by atoms with Gasteiger partial charge in [0.2, 0.25) is 0 Å². The first kappa shape index (κ1) is 37.4. The Balaban J connectivity index is 0.000000352. The molecule has 0 aromatic heterocycles. The van der Waals surface area contributed by atoms with Crippen molar-refractivity contribution in [2.24, 2.45) is 0 Å². The number of halogens is 2. The van der Waals surface area contributed by atoms with Gasteiger partial charge in [0.15, 0.2) is 0 Å². The fourth-order valence-corrected chi connectivity index (χ4v) is 5.15. The second kappa shape index (κ2) is 15.2. The fourth-order valence-electron chi connectivity index (χ4n) is 4.74. The molecule has 0 saturated carbocycles. The Morgan fingerprint density at radius 1 is 0.756 bits per heavy atom. The summed E-state index contributed by atoms with van der Waals surface area (Å²) in [6.45, 7) is 24.3. The molecule has 3 heteroatoms. The fraction of sp³-hybridized carbons (Fsp3) is 0.368. The summed E-state index contributed by atoms with van der Waals surface area (Å²) < 4.78 is 1.46. The van der Waals surface area contributed by atoms with Gasteiger partial charge in [0.1, 0.15) is 0 Å². The SMILES string of the molecule is CC(C)(C)c1c[c-]c2c(c1)-c1cc(C(C)(C)C)ccc1C2.C[C](=[Zr+2])c1ccc(C)cc1.Cc1cc(C)c(C)[cH-]1.[Cl-].[Cl-]. The van der Waals surface area contributed by atoms with Crippen LogP contribution in [0.3, 0.4) is 0 Å². The minimum absolute atomic E-state index is 0. The van der Waals surface area contributed by atoms with Gasteiger partial charge in [-0.25, -0.2) is 6.07 Å². The molecule has 4 aromatic carbocycles. The van der Waals surface area contributed by atoms with Crippen molar-refractivity contribution in [2.75, 3.05) is 0 Å². The van der Waals surface area contributed by atoms with Crippen LogP contribution in [0.1, 0.15) is 98.5 Å². The van der Waals surface area contributed by atoms with Gasteiger partial charge in [-0.3, -0.25) is 0 Å². The normalized spacial score (nSPS) is 11.4. The van der Waals surface area contributed by atoms with E-state index < -0.39 is 0 Å². The Labute approximate surface area is 277 Å². The van der Waals surface area contributed by atoms with Gasteiger partial charge in [-0.05, 0) is 17.4 Å². The van der Waals surface area contributed by atoms with Crippen molar-refractivity contribution in [1.82, 2.24) is 0 Å². The van der Waals surface area contributed by atoms with Crippen molar-refractivity contribution < 1.29 is 49.0 Å². The standard InChI is InChI=1S/C21H25.C9H10.C8H11.2ClH.Zr/c1-20(2,3)16-9-7-14-11-15-8-10-17(21(4,5)6)13-19(15)18(14)12-16;1-3-9-6-4-8(2)5-7-9;1-6-4-7(2)8(3)5-6;;;/h7,9-10,12-13H,11H2,1-6H3;4-7H,1-2H3;4-5H,1-3H3;2*1H;/q-1;;-1;;;+2/p-2. The van der Waals surface area contributed by atoms with E-state index in [4.69, 9.17) is 0 Å². The zero-order valence-electron chi connectivity index (χ0n) is 26.8. The number of benzene rings is 3. The maximum atomic E-state index is 3.53. The summed E-state index contributed by atoms with van der Waals surface area (Å²) in [6.07, 6.45) is 1.03. The smallest absolute Gasteiger partial charge is 0.0632 e. The molecular formula is C38H46Cl2Zr-2. The molecule has 0 atom stereocenters. The Hall–Kier alpha value is -1.66. The van der Waals surface area contributed by atoms with Gasteiger partial charge in [-0.1, -0.05) is 97.1 Å². The van der Waals surface area contributed by atoms with E-state index in [1.807, 2.05) is 0 Å². The van der Waals surface area contributed by atoms with Gasteiger partial charge in [-0.2, -0.15) is 52.1 Å². The van der Waals surface area contributed by atoms with Gasteiger partial charge in [0.25, 0.3) is 0 Å².